The zero-order valence-electron chi connectivity index (χ0n) is 19.2. The maximum absolute atomic E-state index is 13.3. The molecule has 0 radical (unpaired) electrons. The number of halogens is 4. The molecule has 0 aromatic heterocycles. The first kappa shape index (κ1) is 26.8. The highest BCUT2D eigenvalue weighted by Crippen LogP contribution is 2.38. The average molecular weight is 519 g/mol. The molecule has 10 heteroatoms. The van der Waals surface area contributed by atoms with Crippen molar-refractivity contribution in [3.8, 4) is 11.5 Å². The highest BCUT2D eigenvalue weighted by atomic mass is 35.5. The van der Waals surface area contributed by atoms with Crippen molar-refractivity contribution >= 4 is 29.5 Å². The van der Waals surface area contributed by atoms with E-state index in [-0.39, 0.29) is 12.2 Å². The van der Waals surface area contributed by atoms with E-state index in [0.29, 0.717) is 40.9 Å². The number of amides is 2. The molecule has 1 heterocycles. The number of carbonyl (C=O) groups excluding carboxylic acids is 3. The summed E-state index contributed by atoms with van der Waals surface area (Å²) >= 11 is 5.90. The molecule has 1 atom stereocenters. The Morgan fingerprint density at radius 2 is 1.58 bits per heavy atom. The van der Waals surface area contributed by atoms with Crippen LogP contribution in [-0.2, 0) is 15.8 Å². The lowest BCUT2D eigenvalue weighted by molar-refractivity contribution is -0.191. The van der Waals surface area contributed by atoms with E-state index in [1.807, 2.05) is 6.92 Å². The van der Waals surface area contributed by atoms with Gasteiger partial charge in [-0.1, -0.05) is 30.7 Å². The summed E-state index contributed by atoms with van der Waals surface area (Å²) in [6, 6.07) is 18.3. The summed E-state index contributed by atoms with van der Waals surface area (Å²) in [6.45, 7) is 2.80. The largest absolute Gasteiger partial charge is 0.457 e. The van der Waals surface area contributed by atoms with Gasteiger partial charge in [0.15, 0.2) is 0 Å². The second-order valence-corrected chi connectivity index (χ2v) is 8.31. The summed E-state index contributed by atoms with van der Waals surface area (Å²) in [4.78, 5) is 32.6. The number of carbonyl (C=O) groups is 1. The first-order chi connectivity index (χ1) is 17.2. The van der Waals surface area contributed by atoms with E-state index in [9.17, 15) is 18.0 Å². The Kier molecular flexibility index (Phi) is 8.74. The third kappa shape index (κ3) is 6.44. The molecule has 3 aromatic carbocycles. The standard InChI is InChI=1S/C25H22ClF3N2O2.CO2/c1-2-14-30-16-23(17-4-3-5-18(15-17)25(27,28)29)31(24(30)32)20-8-12-22(13-9-20)33-21-10-6-19(26)7-11-21;2-1-3/h3-13,15,23H,2,14,16H2,1H3;. The molecule has 188 valence electrons. The van der Waals surface area contributed by atoms with Crippen LogP contribution in [0.2, 0.25) is 5.02 Å². The van der Waals surface area contributed by atoms with Crippen LogP contribution in [0.3, 0.4) is 0 Å². The van der Waals surface area contributed by atoms with Crippen LogP contribution in [0.4, 0.5) is 23.7 Å². The van der Waals surface area contributed by atoms with Gasteiger partial charge in [0.1, 0.15) is 11.5 Å². The molecule has 1 saturated heterocycles. The fourth-order valence-corrected chi connectivity index (χ4v) is 4.02. The Morgan fingerprint density at radius 3 is 2.14 bits per heavy atom. The lowest BCUT2D eigenvalue weighted by Crippen LogP contribution is -2.32. The van der Waals surface area contributed by atoms with E-state index >= 15 is 0 Å². The Bertz CT molecular complexity index is 1210. The Hall–Kier alpha value is -3.81. The van der Waals surface area contributed by atoms with Crippen LogP contribution in [0.1, 0.15) is 30.5 Å². The van der Waals surface area contributed by atoms with E-state index in [0.717, 1.165) is 18.6 Å². The van der Waals surface area contributed by atoms with E-state index in [1.54, 1.807) is 64.4 Å². The first-order valence-electron chi connectivity index (χ1n) is 11.0. The third-order valence-electron chi connectivity index (χ3n) is 5.44. The van der Waals surface area contributed by atoms with Crippen molar-refractivity contribution in [2.45, 2.75) is 25.6 Å². The molecule has 36 heavy (non-hydrogen) atoms. The zero-order valence-corrected chi connectivity index (χ0v) is 19.9. The van der Waals surface area contributed by atoms with Crippen molar-refractivity contribution in [3.63, 3.8) is 0 Å². The summed E-state index contributed by atoms with van der Waals surface area (Å²) in [7, 11) is 0. The summed E-state index contributed by atoms with van der Waals surface area (Å²) in [6.07, 6.45) is -3.45. The number of ether oxygens (including phenoxy) is 1. The van der Waals surface area contributed by atoms with Gasteiger partial charge in [-0.25, -0.2) is 4.79 Å². The third-order valence-corrected chi connectivity index (χ3v) is 5.69. The van der Waals surface area contributed by atoms with E-state index < -0.39 is 17.8 Å². The molecule has 0 aliphatic carbocycles. The quantitative estimate of drug-likeness (QED) is 0.354. The number of hydrogen-bond donors (Lipinski definition) is 0. The number of rotatable bonds is 6. The SMILES string of the molecule is CCCN1CC(c2cccc(C(F)(F)F)c2)N(c2ccc(Oc3ccc(Cl)cc3)cc2)C1=O.O=C=O. The van der Waals surface area contributed by atoms with Crippen molar-refractivity contribution in [3.05, 3.63) is 88.9 Å². The summed E-state index contributed by atoms with van der Waals surface area (Å²) in [5.74, 6) is 1.18. The van der Waals surface area contributed by atoms with Crippen molar-refractivity contribution < 1.29 is 32.3 Å². The van der Waals surface area contributed by atoms with Crippen molar-refractivity contribution in [1.29, 1.82) is 0 Å². The van der Waals surface area contributed by atoms with E-state index in [1.165, 1.54) is 6.07 Å². The van der Waals surface area contributed by atoms with Crippen LogP contribution >= 0.6 is 11.6 Å². The van der Waals surface area contributed by atoms with Gasteiger partial charge in [-0.2, -0.15) is 22.8 Å². The molecule has 6 nitrogen and oxygen atoms in total. The monoisotopic (exact) mass is 518 g/mol. The second kappa shape index (κ2) is 11.7. The molecule has 1 fully saturated rings. The van der Waals surface area contributed by atoms with Gasteiger partial charge >= 0.3 is 18.4 Å². The van der Waals surface area contributed by atoms with Gasteiger partial charge in [0.2, 0.25) is 0 Å². The Labute approximate surface area is 210 Å². The lowest BCUT2D eigenvalue weighted by atomic mass is 10.0. The van der Waals surface area contributed by atoms with Crippen LogP contribution in [0, 0.1) is 0 Å². The van der Waals surface area contributed by atoms with Crippen LogP contribution in [0.15, 0.2) is 72.8 Å². The van der Waals surface area contributed by atoms with Crippen LogP contribution in [-0.4, -0.2) is 30.2 Å². The maximum Gasteiger partial charge on any atom is 0.416 e. The molecule has 4 rings (SSSR count). The minimum absolute atomic E-state index is 0.231. The van der Waals surface area contributed by atoms with E-state index in [4.69, 9.17) is 25.9 Å². The minimum Gasteiger partial charge on any atom is -0.457 e. The fourth-order valence-electron chi connectivity index (χ4n) is 3.89. The average Bonchev–Trinajstić information content (AvgIpc) is 3.17. The van der Waals surface area contributed by atoms with Gasteiger partial charge in [0.25, 0.3) is 0 Å². The molecule has 1 unspecified atom stereocenters. The van der Waals surface area contributed by atoms with Gasteiger partial charge < -0.3 is 9.64 Å². The highest BCUT2D eigenvalue weighted by molar-refractivity contribution is 6.30. The highest BCUT2D eigenvalue weighted by Gasteiger charge is 2.40. The normalized spacial score (nSPS) is 15.2. The number of urea groups is 1. The van der Waals surface area contributed by atoms with Crippen molar-refractivity contribution in [1.82, 2.24) is 4.90 Å². The molecule has 0 saturated carbocycles. The topological polar surface area (TPSA) is 66.9 Å². The Balaban J connectivity index is 0.00000115. The first-order valence-corrected chi connectivity index (χ1v) is 11.3. The molecule has 3 aromatic rings. The van der Waals surface area contributed by atoms with Crippen LogP contribution in [0.5, 0.6) is 11.5 Å². The molecule has 1 aliphatic heterocycles. The van der Waals surface area contributed by atoms with Gasteiger partial charge in [0.05, 0.1) is 11.6 Å². The fraction of sp³-hybridized carbons (Fsp3) is 0.231. The Morgan fingerprint density at radius 1 is 1.00 bits per heavy atom. The van der Waals surface area contributed by atoms with Crippen molar-refractivity contribution in [2.75, 3.05) is 18.0 Å². The number of hydrogen-bond acceptors (Lipinski definition) is 4. The molecule has 0 spiro atoms. The molecule has 0 N–H and O–H groups in total. The molecular formula is C26H22ClF3N2O4. The van der Waals surface area contributed by atoms with Crippen molar-refractivity contribution in [2.24, 2.45) is 0 Å². The summed E-state index contributed by atoms with van der Waals surface area (Å²) in [5.41, 5.74) is 0.302. The smallest absolute Gasteiger partial charge is 0.416 e. The minimum atomic E-state index is -4.45. The molecule has 2 amide bonds. The summed E-state index contributed by atoms with van der Waals surface area (Å²) in [5, 5.41) is 0.600. The number of alkyl halides is 3. The summed E-state index contributed by atoms with van der Waals surface area (Å²) < 4.78 is 45.7. The maximum atomic E-state index is 13.3. The predicted octanol–water partition coefficient (Wildman–Crippen LogP) is 6.96. The predicted molar refractivity (Wildman–Crippen MR) is 127 cm³/mol. The van der Waals surface area contributed by atoms with E-state index in [2.05, 4.69) is 0 Å². The van der Waals surface area contributed by atoms with Crippen LogP contribution in [0.25, 0.3) is 0 Å². The zero-order chi connectivity index (χ0) is 26.3. The van der Waals surface area contributed by atoms with Gasteiger partial charge in [-0.05, 0) is 72.6 Å². The van der Waals surface area contributed by atoms with Gasteiger partial charge in [-0.15, -0.1) is 0 Å². The van der Waals surface area contributed by atoms with Gasteiger partial charge in [0, 0.05) is 23.8 Å². The van der Waals surface area contributed by atoms with Gasteiger partial charge in [-0.3, -0.25) is 4.90 Å². The second-order valence-electron chi connectivity index (χ2n) is 7.87. The molecule has 0 bridgehead atoms. The number of anilines is 1. The lowest BCUT2D eigenvalue weighted by Gasteiger charge is -2.24. The number of benzene rings is 3. The number of nitrogens with zero attached hydrogens (tertiary/aromatic N) is 2. The molecular weight excluding hydrogens is 497 g/mol. The molecule has 1 aliphatic rings. The van der Waals surface area contributed by atoms with Crippen LogP contribution < -0.4 is 9.64 Å².